The first kappa shape index (κ1) is 22.3. The second-order valence-corrected chi connectivity index (χ2v) is 8.46. The Morgan fingerprint density at radius 1 is 1.03 bits per heavy atom. The van der Waals surface area contributed by atoms with Crippen LogP contribution in [0.5, 0.6) is 11.5 Å². The van der Waals surface area contributed by atoms with E-state index in [2.05, 4.69) is 22.6 Å². The number of ether oxygens (including phenoxy) is 2. The van der Waals surface area contributed by atoms with Gasteiger partial charge in [-0.25, -0.2) is 4.39 Å². The van der Waals surface area contributed by atoms with E-state index in [0.717, 1.165) is 25.9 Å². The quantitative estimate of drug-likeness (QED) is 0.259. The number of para-hydroxylation sites is 1. The normalized spacial score (nSPS) is 14.1. The molecule has 0 radical (unpaired) electrons. The summed E-state index contributed by atoms with van der Waals surface area (Å²) in [5.41, 5.74) is 4.27. The summed E-state index contributed by atoms with van der Waals surface area (Å²) in [6, 6.07) is 17.9. The maximum Gasteiger partial charge on any atom is 0.258 e. The van der Waals surface area contributed by atoms with Gasteiger partial charge in [-0.3, -0.25) is 4.79 Å². The minimum atomic E-state index is -0.277. The van der Waals surface area contributed by atoms with Crippen molar-refractivity contribution in [1.29, 1.82) is 0 Å². The molecule has 32 heavy (non-hydrogen) atoms. The van der Waals surface area contributed by atoms with E-state index in [1.165, 1.54) is 12.1 Å². The molecule has 1 aliphatic heterocycles. The number of hydrogen-bond donors (Lipinski definition) is 0. The Hall–Kier alpha value is -2.87. The van der Waals surface area contributed by atoms with Crippen molar-refractivity contribution in [1.82, 2.24) is 0 Å². The predicted molar refractivity (Wildman–Crippen MR) is 133 cm³/mol. The van der Waals surface area contributed by atoms with Crippen LogP contribution in [0.25, 0.3) is 11.6 Å². The van der Waals surface area contributed by atoms with Crippen LogP contribution in [-0.2, 0) is 11.4 Å². The number of nitrogens with zero attached hydrogens (tertiary/aromatic N) is 1. The highest BCUT2D eigenvalue weighted by Gasteiger charge is 2.30. The van der Waals surface area contributed by atoms with Crippen LogP contribution in [0.4, 0.5) is 10.1 Å². The van der Waals surface area contributed by atoms with E-state index < -0.39 is 0 Å². The molecule has 4 nitrogen and oxygen atoms in total. The molecule has 0 aromatic heterocycles. The number of halogens is 2. The molecular weight excluding hydrogens is 520 g/mol. The summed E-state index contributed by atoms with van der Waals surface area (Å²) in [5.74, 6) is 0.963. The Kier molecular flexibility index (Phi) is 6.79. The van der Waals surface area contributed by atoms with Gasteiger partial charge in [0.05, 0.1) is 15.9 Å². The fourth-order valence-electron chi connectivity index (χ4n) is 3.74. The third-order valence-corrected chi connectivity index (χ3v) is 6.02. The lowest BCUT2D eigenvalue weighted by Crippen LogP contribution is -2.25. The van der Waals surface area contributed by atoms with Crippen molar-refractivity contribution in [2.24, 2.45) is 0 Å². The topological polar surface area (TPSA) is 38.8 Å². The first-order valence-electron chi connectivity index (χ1n) is 10.5. The number of carbonyl (C=O) groups excluding carboxylic acids is 1. The van der Waals surface area contributed by atoms with Gasteiger partial charge in [0.1, 0.15) is 12.4 Å². The van der Waals surface area contributed by atoms with Crippen LogP contribution < -0.4 is 14.4 Å². The number of amides is 1. The minimum Gasteiger partial charge on any atom is -0.490 e. The number of anilines is 1. The second-order valence-electron chi connectivity index (χ2n) is 7.30. The summed E-state index contributed by atoms with van der Waals surface area (Å²) < 4.78 is 25.9. The number of likely N-dealkylation sites (N-methyl/N-ethyl adjacent to an activating group) is 1. The molecule has 6 heteroatoms. The molecule has 0 fully saturated rings. The van der Waals surface area contributed by atoms with Crippen molar-refractivity contribution >= 4 is 45.8 Å². The highest BCUT2D eigenvalue weighted by atomic mass is 127. The Morgan fingerprint density at radius 3 is 2.50 bits per heavy atom. The van der Waals surface area contributed by atoms with Gasteiger partial charge >= 0.3 is 0 Å². The van der Waals surface area contributed by atoms with Crippen molar-refractivity contribution in [2.45, 2.75) is 20.5 Å². The minimum absolute atomic E-state index is 0.00157. The summed E-state index contributed by atoms with van der Waals surface area (Å²) in [6.07, 6.45) is 1.91. The molecule has 3 aromatic rings. The summed E-state index contributed by atoms with van der Waals surface area (Å²) >= 11 is 2.21. The van der Waals surface area contributed by atoms with E-state index in [0.29, 0.717) is 36.8 Å². The lowest BCUT2D eigenvalue weighted by atomic mass is 10.0. The average molecular weight is 543 g/mol. The van der Waals surface area contributed by atoms with Crippen LogP contribution in [0.15, 0.2) is 60.7 Å². The van der Waals surface area contributed by atoms with E-state index in [4.69, 9.17) is 9.47 Å². The molecule has 1 aliphatic rings. The predicted octanol–water partition coefficient (Wildman–Crippen LogP) is 6.32. The van der Waals surface area contributed by atoms with Crippen LogP contribution in [0.2, 0.25) is 0 Å². The number of carbonyl (C=O) groups is 1. The number of rotatable bonds is 7. The summed E-state index contributed by atoms with van der Waals surface area (Å²) in [7, 11) is 0. The Bertz CT molecular complexity index is 1170. The van der Waals surface area contributed by atoms with Gasteiger partial charge in [0.25, 0.3) is 5.91 Å². The average Bonchev–Trinajstić information content (AvgIpc) is 3.05. The smallest absolute Gasteiger partial charge is 0.258 e. The molecular formula is C26H23FINO3. The van der Waals surface area contributed by atoms with Gasteiger partial charge in [-0.1, -0.05) is 30.3 Å². The van der Waals surface area contributed by atoms with Gasteiger partial charge in [0, 0.05) is 17.7 Å². The van der Waals surface area contributed by atoms with Crippen LogP contribution >= 0.6 is 22.6 Å². The molecule has 0 aliphatic carbocycles. The molecule has 0 saturated heterocycles. The van der Waals surface area contributed by atoms with E-state index in [1.807, 2.05) is 56.3 Å². The maximum atomic E-state index is 13.2. The van der Waals surface area contributed by atoms with Gasteiger partial charge in [-0.05, 0) is 84.0 Å². The van der Waals surface area contributed by atoms with E-state index in [9.17, 15) is 9.18 Å². The molecule has 3 aromatic carbocycles. The monoisotopic (exact) mass is 543 g/mol. The number of benzene rings is 3. The Balaban J connectivity index is 1.67. The van der Waals surface area contributed by atoms with Gasteiger partial charge in [-0.15, -0.1) is 0 Å². The first-order valence-corrected chi connectivity index (χ1v) is 11.6. The van der Waals surface area contributed by atoms with Crippen LogP contribution in [-0.4, -0.2) is 19.1 Å². The molecule has 1 heterocycles. The van der Waals surface area contributed by atoms with Crippen LogP contribution in [0, 0.1) is 9.39 Å². The van der Waals surface area contributed by atoms with Crippen molar-refractivity contribution in [2.75, 3.05) is 18.1 Å². The highest BCUT2D eigenvalue weighted by Crippen LogP contribution is 2.40. The highest BCUT2D eigenvalue weighted by molar-refractivity contribution is 14.1. The second kappa shape index (κ2) is 9.73. The van der Waals surface area contributed by atoms with E-state index in [1.54, 1.807) is 17.0 Å². The largest absolute Gasteiger partial charge is 0.490 e. The number of fused-ring (bicyclic) bond motifs is 1. The van der Waals surface area contributed by atoms with Crippen molar-refractivity contribution in [3.8, 4) is 11.5 Å². The first-order chi connectivity index (χ1) is 15.5. The van der Waals surface area contributed by atoms with Crippen molar-refractivity contribution < 1.29 is 18.7 Å². The van der Waals surface area contributed by atoms with Crippen molar-refractivity contribution in [3.05, 3.63) is 86.7 Å². The third-order valence-electron chi connectivity index (χ3n) is 5.22. The summed E-state index contributed by atoms with van der Waals surface area (Å²) in [4.78, 5) is 14.8. The molecule has 0 saturated carbocycles. The van der Waals surface area contributed by atoms with E-state index in [-0.39, 0.29) is 11.7 Å². The molecule has 1 amide bonds. The molecule has 4 rings (SSSR count). The SMILES string of the molecule is CCOc1cc(/C=C2\C(=O)N(CC)c3ccccc32)cc(I)c1OCc1ccc(F)cc1. The molecule has 0 unspecified atom stereocenters. The van der Waals surface area contributed by atoms with Gasteiger partial charge in [0.15, 0.2) is 11.5 Å². The van der Waals surface area contributed by atoms with Gasteiger partial charge in [-0.2, -0.15) is 0 Å². The van der Waals surface area contributed by atoms with Crippen molar-refractivity contribution in [3.63, 3.8) is 0 Å². The van der Waals surface area contributed by atoms with Crippen LogP contribution in [0.3, 0.4) is 0 Å². The zero-order chi connectivity index (χ0) is 22.7. The summed E-state index contributed by atoms with van der Waals surface area (Å²) in [5, 5.41) is 0. The Labute approximate surface area is 200 Å². The van der Waals surface area contributed by atoms with Gasteiger partial charge in [0.2, 0.25) is 0 Å². The van der Waals surface area contributed by atoms with Gasteiger partial charge < -0.3 is 14.4 Å². The zero-order valence-electron chi connectivity index (χ0n) is 17.9. The lowest BCUT2D eigenvalue weighted by molar-refractivity contribution is -0.112. The van der Waals surface area contributed by atoms with Crippen LogP contribution in [0.1, 0.15) is 30.5 Å². The number of hydrogen-bond acceptors (Lipinski definition) is 3. The van der Waals surface area contributed by atoms with E-state index >= 15 is 0 Å². The fourth-order valence-corrected chi connectivity index (χ4v) is 4.52. The third kappa shape index (κ3) is 4.50. The summed E-state index contributed by atoms with van der Waals surface area (Å²) in [6.45, 7) is 5.28. The molecule has 164 valence electrons. The molecule has 0 spiro atoms. The Morgan fingerprint density at radius 2 is 1.78 bits per heavy atom. The zero-order valence-corrected chi connectivity index (χ0v) is 20.1. The maximum absolute atomic E-state index is 13.2. The molecule has 0 bridgehead atoms. The fraction of sp³-hybridized carbons (Fsp3) is 0.192. The lowest BCUT2D eigenvalue weighted by Gasteiger charge is -2.15. The molecule has 0 N–H and O–H groups in total. The molecule has 0 atom stereocenters. The standard InChI is InChI=1S/C26H23FINO3/c1-3-29-23-8-6-5-7-20(23)21(26(29)30)13-18-14-22(28)25(24(15-18)31-4-2)32-16-17-9-11-19(27)12-10-17/h5-15H,3-4,16H2,1-2H3/b21-13-.